The van der Waals surface area contributed by atoms with Crippen LogP contribution in [0, 0.1) is 6.92 Å². The largest absolute Gasteiger partial charge is 0.331 e. The molecule has 1 unspecified atom stereocenters. The molecule has 0 spiro atoms. The molecule has 0 heterocycles. The van der Waals surface area contributed by atoms with Crippen LogP contribution in [0.2, 0.25) is 10.0 Å². The smallest absolute Gasteiger partial charge is 0.319 e. The van der Waals surface area contributed by atoms with E-state index in [1.54, 1.807) is 12.1 Å². The van der Waals surface area contributed by atoms with Gasteiger partial charge in [-0.2, -0.15) is 0 Å². The highest BCUT2D eigenvalue weighted by Gasteiger charge is 2.13. The lowest BCUT2D eigenvalue weighted by Crippen LogP contribution is -2.32. The summed E-state index contributed by atoms with van der Waals surface area (Å²) in [5.41, 5.74) is 2.68. The summed E-state index contributed by atoms with van der Waals surface area (Å²) in [4.78, 5) is 12.2. The van der Waals surface area contributed by atoms with E-state index in [0.29, 0.717) is 15.7 Å². The van der Waals surface area contributed by atoms with Crippen LogP contribution >= 0.6 is 23.2 Å². The molecular formula is C17H18Cl2N2O. The first-order chi connectivity index (χ1) is 10.5. The third-order valence-corrected chi connectivity index (χ3v) is 3.92. The third kappa shape index (κ3) is 4.39. The first-order valence-corrected chi connectivity index (χ1v) is 7.84. The molecule has 0 aliphatic carbocycles. The molecule has 0 aromatic heterocycles. The van der Waals surface area contributed by atoms with Crippen molar-refractivity contribution >= 4 is 34.9 Å². The zero-order valence-electron chi connectivity index (χ0n) is 12.5. The number of carbonyl (C=O) groups is 1. The number of anilines is 1. The molecule has 0 bridgehead atoms. The summed E-state index contributed by atoms with van der Waals surface area (Å²) >= 11 is 11.9. The molecule has 0 saturated carbocycles. The minimum absolute atomic E-state index is 0.0724. The van der Waals surface area contributed by atoms with Crippen molar-refractivity contribution in [2.75, 3.05) is 5.32 Å². The van der Waals surface area contributed by atoms with Gasteiger partial charge in [-0.15, -0.1) is 0 Å². The van der Waals surface area contributed by atoms with Crippen molar-refractivity contribution in [3.05, 3.63) is 63.6 Å². The van der Waals surface area contributed by atoms with Crippen molar-refractivity contribution in [3.63, 3.8) is 0 Å². The second kappa shape index (κ2) is 7.52. The predicted octanol–water partition coefficient (Wildman–Crippen LogP) is 5.57. The number of hydrogen-bond donors (Lipinski definition) is 2. The number of nitrogens with one attached hydrogen (secondary N) is 2. The zero-order chi connectivity index (χ0) is 16.1. The molecule has 0 aliphatic rings. The number of urea groups is 1. The number of amides is 2. The molecule has 1 atom stereocenters. The van der Waals surface area contributed by atoms with Gasteiger partial charge in [0.05, 0.1) is 6.04 Å². The van der Waals surface area contributed by atoms with Crippen LogP contribution in [0.4, 0.5) is 10.5 Å². The van der Waals surface area contributed by atoms with Gasteiger partial charge in [0.2, 0.25) is 0 Å². The lowest BCUT2D eigenvalue weighted by Gasteiger charge is -2.18. The molecule has 0 fully saturated rings. The van der Waals surface area contributed by atoms with E-state index in [2.05, 4.69) is 10.6 Å². The lowest BCUT2D eigenvalue weighted by molar-refractivity contribution is 0.248. The van der Waals surface area contributed by atoms with Crippen LogP contribution in [0.1, 0.15) is 30.5 Å². The van der Waals surface area contributed by atoms with Crippen molar-refractivity contribution < 1.29 is 4.79 Å². The van der Waals surface area contributed by atoms with Gasteiger partial charge in [-0.05, 0) is 48.7 Å². The number of aryl methyl sites for hydroxylation is 1. The Morgan fingerprint density at radius 2 is 1.73 bits per heavy atom. The van der Waals surface area contributed by atoms with E-state index < -0.39 is 0 Å². The van der Waals surface area contributed by atoms with E-state index in [4.69, 9.17) is 23.2 Å². The Labute approximate surface area is 140 Å². The Kier molecular flexibility index (Phi) is 5.69. The van der Waals surface area contributed by atoms with Crippen molar-refractivity contribution in [2.45, 2.75) is 26.3 Å². The molecule has 0 aliphatic heterocycles. The van der Waals surface area contributed by atoms with Gasteiger partial charge >= 0.3 is 6.03 Å². The minimum atomic E-state index is -0.257. The second-order valence-corrected chi connectivity index (χ2v) is 5.94. The van der Waals surface area contributed by atoms with Crippen LogP contribution < -0.4 is 10.6 Å². The van der Waals surface area contributed by atoms with Gasteiger partial charge in [0, 0.05) is 15.7 Å². The van der Waals surface area contributed by atoms with Crippen LogP contribution in [0.5, 0.6) is 0 Å². The first kappa shape index (κ1) is 16.7. The summed E-state index contributed by atoms with van der Waals surface area (Å²) in [5, 5.41) is 7.06. The van der Waals surface area contributed by atoms with Crippen molar-refractivity contribution in [2.24, 2.45) is 0 Å². The molecule has 22 heavy (non-hydrogen) atoms. The Morgan fingerprint density at radius 1 is 1.09 bits per heavy atom. The Morgan fingerprint density at radius 3 is 2.36 bits per heavy atom. The van der Waals surface area contributed by atoms with Crippen molar-refractivity contribution in [1.29, 1.82) is 0 Å². The molecule has 116 valence electrons. The normalized spacial score (nSPS) is 11.8. The van der Waals surface area contributed by atoms with Gasteiger partial charge in [0.1, 0.15) is 0 Å². The summed E-state index contributed by atoms with van der Waals surface area (Å²) in [6.45, 7) is 3.94. The Balaban J connectivity index is 2.06. The van der Waals surface area contributed by atoms with Crippen LogP contribution in [0.15, 0.2) is 42.5 Å². The highest BCUT2D eigenvalue weighted by Crippen LogP contribution is 2.22. The van der Waals surface area contributed by atoms with Gasteiger partial charge in [-0.1, -0.05) is 48.3 Å². The number of hydrogen-bond acceptors (Lipinski definition) is 1. The predicted molar refractivity (Wildman–Crippen MR) is 92.8 cm³/mol. The minimum Gasteiger partial charge on any atom is -0.331 e. The van der Waals surface area contributed by atoms with Gasteiger partial charge in [0.15, 0.2) is 0 Å². The maximum absolute atomic E-state index is 12.2. The van der Waals surface area contributed by atoms with Crippen molar-refractivity contribution in [3.8, 4) is 0 Å². The molecule has 2 amide bonds. The summed E-state index contributed by atoms with van der Waals surface area (Å²) in [6, 6.07) is 12.5. The van der Waals surface area contributed by atoms with Gasteiger partial charge in [-0.3, -0.25) is 0 Å². The lowest BCUT2D eigenvalue weighted by atomic mass is 10.1. The third-order valence-electron chi connectivity index (χ3n) is 3.43. The fourth-order valence-corrected chi connectivity index (χ4v) is 2.46. The fourth-order valence-electron chi connectivity index (χ4n) is 2.16. The molecular weight excluding hydrogens is 319 g/mol. The number of rotatable bonds is 4. The molecule has 5 heteroatoms. The fraction of sp³-hybridized carbons (Fsp3) is 0.235. The maximum atomic E-state index is 12.2. The molecule has 2 rings (SSSR count). The molecule has 2 aromatic carbocycles. The SMILES string of the molecule is CCC(NC(=O)Nc1cc(Cl)ccc1C)c1ccc(Cl)cc1. The van der Waals surface area contributed by atoms with Crippen molar-refractivity contribution in [1.82, 2.24) is 5.32 Å². The summed E-state index contributed by atoms with van der Waals surface area (Å²) in [6.07, 6.45) is 0.781. The van der Waals surface area contributed by atoms with E-state index in [9.17, 15) is 4.79 Å². The van der Waals surface area contributed by atoms with Gasteiger partial charge < -0.3 is 10.6 Å². The average Bonchev–Trinajstić information content (AvgIpc) is 2.49. The topological polar surface area (TPSA) is 41.1 Å². The van der Waals surface area contributed by atoms with E-state index in [1.165, 1.54) is 0 Å². The van der Waals surface area contributed by atoms with E-state index in [-0.39, 0.29) is 12.1 Å². The number of halogens is 2. The second-order valence-electron chi connectivity index (χ2n) is 5.07. The molecule has 3 nitrogen and oxygen atoms in total. The van der Waals surface area contributed by atoms with Crippen LogP contribution in [-0.2, 0) is 0 Å². The monoisotopic (exact) mass is 336 g/mol. The quantitative estimate of drug-likeness (QED) is 0.752. The number of benzene rings is 2. The molecule has 0 radical (unpaired) electrons. The average molecular weight is 337 g/mol. The van der Waals surface area contributed by atoms with Crippen LogP contribution in [0.3, 0.4) is 0 Å². The van der Waals surface area contributed by atoms with E-state index >= 15 is 0 Å². The Bertz CT molecular complexity index is 656. The van der Waals surface area contributed by atoms with E-state index in [1.807, 2.05) is 44.2 Å². The molecule has 2 N–H and O–H groups in total. The summed E-state index contributed by atoms with van der Waals surface area (Å²) < 4.78 is 0. The molecule has 2 aromatic rings. The van der Waals surface area contributed by atoms with E-state index in [0.717, 1.165) is 17.5 Å². The van der Waals surface area contributed by atoms with Gasteiger partial charge in [-0.25, -0.2) is 4.79 Å². The van der Waals surface area contributed by atoms with Gasteiger partial charge in [0.25, 0.3) is 0 Å². The first-order valence-electron chi connectivity index (χ1n) is 7.08. The zero-order valence-corrected chi connectivity index (χ0v) is 14.0. The Hall–Kier alpha value is -1.71. The standard InChI is InChI=1S/C17H18Cl2N2O/c1-3-15(12-5-8-13(18)9-6-12)20-17(22)21-16-10-14(19)7-4-11(16)2/h4-10,15H,3H2,1-2H3,(H2,20,21,22). The highest BCUT2D eigenvalue weighted by molar-refractivity contribution is 6.31. The summed E-state index contributed by atoms with van der Waals surface area (Å²) in [5.74, 6) is 0. The highest BCUT2D eigenvalue weighted by atomic mass is 35.5. The van der Waals surface area contributed by atoms with Crippen LogP contribution in [-0.4, -0.2) is 6.03 Å². The maximum Gasteiger partial charge on any atom is 0.319 e. The molecule has 0 saturated heterocycles. The van der Waals surface area contributed by atoms with Crippen LogP contribution in [0.25, 0.3) is 0 Å². The number of carbonyl (C=O) groups excluding carboxylic acids is 1. The summed E-state index contributed by atoms with van der Waals surface area (Å²) in [7, 11) is 0.